The zero-order valence-electron chi connectivity index (χ0n) is 14.0. The lowest BCUT2D eigenvalue weighted by Crippen LogP contribution is -2.45. The minimum atomic E-state index is -0.195. The average Bonchev–Trinajstić information content (AvgIpc) is 3.03. The molecule has 8 nitrogen and oxygen atoms in total. The van der Waals surface area contributed by atoms with Crippen LogP contribution in [-0.4, -0.2) is 78.1 Å². The molecular formula is C16H22N4O4. The second-order valence-corrected chi connectivity index (χ2v) is 6.16. The number of amides is 2. The summed E-state index contributed by atoms with van der Waals surface area (Å²) in [4.78, 5) is 36.9. The molecule has 0 aliphatic carbocycles. The van der Waals surface area contributed by atoms with E-state index >= 15 is 0 Å². The Morgan fingerprint density at radius 1 is 1.25 bits per heavy atom. The highest BCUT2D eigenvalue weighted by Gasteiger charge is 2.39. The summed E-state index contributed by atoms with van der Waals surface area (Å²) in [7, 11) is 1.46. The van der Waals surface area contributed by atoms with Crippen LogP contribution in [0, 0.1) is 11.8 Å². The van der Waals surface area contributed by atoms with Gasteiger partial charge in [-0.15, -0.1) is 0 Å². The van der Waals surface area contributed by atoms with Gasteiger partial charge in [0.2, 0.25) is 5.91 Å². The largest absolute Gasteiger partial charge is 0.467 e. The molecule has 3 rings (SSSR count). The Kier molecular flexibility index (Phi) is 4.94. The Labute approximate surface area is 140 Å². The summed E-state index contributed by atoms with van der Waals surface area (Å²) in [5.41, 5.74) is 0.286. The number of hydrogen-bond donors (Lipinski definition) is 0. The van der Waals surface area contributed by atoms with Crippen LogP contribution in [0.3, 0.4) is 0 Å². The van der Waals surface area contributed by atoms with Gasteiger partial charge in [0.15, 0.2) is 0 Å². The lowest BCUT2D eigenvalue weighted by molar-refractivity contribution is -0.140. The third-order valence-corrected chi connectivity index (χ3v) is 4.57. The van der Waals surface area contributed by atoms with Crippen molar-refractivity contribution in [3.05, 3.63) is 18.0 Å². The second-order valence-electron chi connectivity index (χ2n) is 6.16. The van der Waals surface area contributed by atoms with Gasteiger partial charge in [-0.1, -0.05) is 6.92 Å². The zero-order chi connectivity index (χ0) is 17.1. The maximum atomic E-state index is 12.7. The third kappa shape index (κ3) is 3.33. The summed E-state index contributed by atoms with van der Waals surface area (Å²) in [6.45, 7) is 5.38. The molecular weight excluding hydrogens is 312 g/mol. The fourth-order valence-electron chi connectivity index (χ4n) is 3.19. The smallest absolute Gasteiger partial charge is 0.316 e. The number of methoxy groups -OCH3 is 1. The molecule has 130 valence electrons. The second kappa shape index (κ2) is 7.12. The van der Waals surface area contributed by atoms with Gasteiger partial charge >= 0.3 is 6.01 Å². The molecule has 2 amide bonds. The molecule has 0 spiro atoms. The highest BCUT2D eigenvalue weighted by molar-refractivity contribution is 5.93. The van der Waals surface area contributed by atoms with Crippen LogP contribution in [0.5, 0.6) is 6.01 Å². The van der Waals surface area contributed by atoms with Crippen molar-refractivity contribution in [1.29, 1.82) is 0 Å². The summed E-state index contributed by atoms with van der Waals surface area (Å²) in [6, 6.07) is 1.72. The molecule has 0 unspecified atom stereocenters. The van der Waals surface area contributed by atoms with Crippen LogP contribution < -0.4 is 4.74 Å². The Bertz CT molecular complexity index is 618. The molecule has 2 saturated heterocycles. The van der Waals surface area contributed by atoms with Crippen molar-refractivity contribution < 1.29 is 19.1 Å². The van der Waals surface area contributed by atoms with Crippen molar-refractivity contribution in [3.63, 3.8) is 0 Å². The predicted molar refractivity (Wildman–Crippen MR) is 84.5 cm³/mol. The molecule has 24 heavy (non-hydrogen) atoms. The first-order valence-corrected chi connectivity index (χ1v) is 8.13. The number of likely N-dealkylation sites (tertiary alicyclic amines) is 1. The van der Waals surface area contributed by atoms with Crippen LogP contribution >= 0.6 is 0 Å². The maximum absolute atomic E-state index is 12.7. The molecule has 1 aromatic rings. The molecule has 0 N–H and O–H groups in total. The lowest BCUT2D eigenvalue weighted by Gasteiger charge is -2.30. The highest BCUT2D eigenvalue weighted by atomic mass is 16.5. The van der Waals surface area contributed by atoms with Crippen LogP contribution in [0.4, 0.5) is 0 Å². The van der Waals surface area contributed by atoms with Gasteiger partial charge in [-0.25, -0.2) is 4.98 Å². The molecule has 0 bridgehead atoms. The van der Waals surface area contributed by atoms with Gasteiger partial charge in [-0.3, -0.25) is 9.59 Å². The number of ether oxygens (including phenoxy) is 2. The summed E-state index contributed by atoms with van der Waals surface area (Å²) >= 11 is 0. The van der Waals surface area contributed by atoms with E-state index in [0.29, 0.717) is 39.4 Å². The van der Waals surface area contributed by atoms with E-state index in [1.54, 1.807) is 11.0 Å². The van der Waals surface area contributed by atoms with E-state index in [4.69, 9.17) is 9.47 Å². The molecule has 8 heteroatoms. The lowest BCUT2D eigenvalue weighted by atomic mass is 9.96. The van der Waals surface area contributed by atoms with Crippen LogP contribution in [0.1, 0.15) is 17.4 Å². The van der Waals surface area contributed by atoms with Crippen molar-refractivity contribution in [2.24, 2.45) is 11.8 Å². The molecule has 0 saturated carbocycles. The molecule has 0 radical (unpaired) electrons. The van der Waals surface area contributed by atoms with Gasteiger partial charge in [-0.05, 0) is 12.0 Å². The standard InChI is InChI=1S/C16H22N4O4/c1-11-9-20(15(22)13-3-4-17-16(18-13)23-2)10-12(11)14(21)19-5-7-24-8-6-19/h3-4,11-12H,5-10H2,1-2H3/t11-,12-/m1/s1. The third-order valence-electron chi connectivity index (χ3n) is 4.57. The minimum absolute atomic E-state index is 0.112. The van der Waals surface area contributed by atoms with Crippen molar-refractivity contribution in [3.8, 4) is 6.01 Å². The van der Waals surface area contributed by atoms with Crippen molar-refractivity contribution in [1.82, 2.24) is 19.8 Å². The molecule has 3 heterocycles. The van der Waals surface area contributed by atoms with Crippen molar-refractivity contribution >= 4 is 11.8 Å². The monoisotopic (exact) mass is 334 g/mol. The Hall–Kier alpha value is -2.22. The van der Waals surface area contributed by atoms with E-state index in [0.717, 1.165) is 0 Å². The number of carbonyl (C=O) groups is 2. The molecule has 2 aliphatic rings. The fraction of sp³-hybridized carbons (Fsp3) is 0.625. The quantitative estimate of drug-likeness (QED) is 0.777. The van der Waals surface area contributed by atoms with E-state index in [1.165, 1.54) is 13.3 Å². The van der Waals surface area contributed by atoms with Gasteiger partial charge in [0, 0.05) is 32.4 Å². The molecule has 2 atom stereocenters. The van der Waals surface area contributed by atoms with E-state index in [9.17, 15) is 9.59 Å². The maximum Gasteiger partial charge on any atom is 0.316 e. The first kappa shape index (κ1) is 16.6. The zero-order valence-corrected chi connectivity index (χ0v) is 14.0. The number of rotatable bonds is 3. The number of aromatic nitrogens is 2. The number of carbonyl (C=O) groups excluding carboxylic acids is 2. The SMILES string of the molecule is COc1nccc(C(=O)N2C[C@@H](C)[C@H](C(=O)N3CCOCC3)C2)n1. The minimum Gasteiger partial charge on any atom is -0.467 e. The normalized spacial score (nSPS) is 24.1. The van der Waals surface area contributed by atoms with Gasteiger partial charge < -0.3 is 19.3 Å². The molecule has 2 fully saturated rings. The van der Waals surface area contributed by atoms with Crippen molar-refractivity contribution in [2.75, 3.05) is 46.5 Å². The van der Waals surface area contributed by atoms with Gasteiger partial charge in [0.1, 0.15) is 5.69 Å². The topological polar surface area (TPSA) is 84.9 Å². The number of nitrogens with zero attached hydrogens (tertiary/aromatic N) is 4. The fourth-order valence-corrected chi connectivity index (χ4v) is 3.19. The van der Waals surface area contributed by atoms with E-state index in [2.05, 4.69) is 9.97 Å². The summed E-state index contributed by atoms with van der Waals surface area (Å²) < 4.78 is 10.3. The summed E-state index contributed by atoms with van der Waals surface area (Å²) in [5, 5.41) is 0. The molecule has 2 aliphatic heterocycles. The van der Waals surface area contributed by atoms with E-state index in [1.807, 2.05) is 11.8 Å². The number of morpholine rings is 1. The van der Waals surface area contributed by atoms with Crippen LogP contribution in [0.2, 0.25) is 0 Å². The van der Waals surface area contributed by atoms with Gasteiger partial charge in [-0.2, -0.15) is 4.98 Å². The first-order chi connectivity index (χ1) is 11.6. The van der Waals surface area contributed by atoms with E-state index in [-0.39, 0.29) is 35.4 Å². The predicted octanol–water partition coefficient (Wildman–Crippen LogP) is 0.0521. The Balaban J connectivity index is 1.68. The number of hydrogen-bond acceptors (Lipinski definition) is 6. The van der Waals surface area contributed by atoms with Crippen LogP contribution in [0.15, 0.2) is 12.3 Å². The average molecular weight is 334 g/mol. The van der Waals surface area contributed by atoms with Gasteiger partial charge in [0.05, 0.1) is 26.2 Å². The van der Waals surface area contributed by atoms with E-state index < -0.39 is 0 Å². The summed E-state index contributed by atoms with van der Waals surface area (Å²) in [5.74, 6) is -0.134. The highest BCUT2D eigenvalue weighted by Crippen LogP contribution is 2.26. The van der Waals surface area contributed by atoms with Gasteiger partial charge in [0.25, 0.3) is 5.91 Å². The van der Waals surface area contributed by atoms with Crippen LogP contribution in [0.25, 0.3) is 0 Å². The Morgan fingerprint density at radius 3 is 2.71 bits per heavy atom. The van der Waals surface area contributed by atoms with Crippen LogP contribution in [-0.2, 0) is 9.53 Å². The molecule has 0 aromatic carbocycles. The first-order valence-electron chi connectivity index (χ1n) is 8.13. The summed E-state index contributed by atoms with van der Waals surface area (Å²) in [6.07, 6.45) is 1.49. The molecule has 1 aromatic heterocycles. The Morgan fingerprint density at radius 2 is 2.00 bits per heavy atom. The van der Waals surface area contributed by atoms with Crippen molar-refractivity contribution in [2.45, 2.75) is 6.92 Å².